The average Bonchev–Trinajstić information content (AvgIpc) is 3.03. The van der Waals surface area contributed by atoms with Gasteiger partial charge in [-0.2, -0.15) is 4.99 Å². The highest BCUT2D eigenvalue weighted by Crippen LogP contribution is 2.37. The maximum Gasteiger partial charge on any atom is 0.435 e. The lowest BCUT2D eigenvalue weighted by atomic mass is 10.1. The van der Waals surface area contributed by atoms with Crippen LogP contribution in [0, 0.1) is 0 Å². The summed E-state index contributed by atoms with van der Waals surface area (Å²) < 4.78 is 7.88. The minimum atomic E-state index is -1.81. The molecule has 4 amide bonds. The number of hydrogen-bond donors (Lipinski definition) is 2. The van der Waals surface area contributed by atoms with E-state index in [9.17, 15) is 24.0 Å². The molecule has 0 aliphatic carbocycles. The van der Waals surface area contributed by atoms with Crippen LogP contribution < -0.4 is 16.0 Å². The van der Waals surface area contributed by atoms with Gasteiger partial charge in [-0.15, -0.1) is 0 Å². The lowest BCUT2D eigenvalue weighted by Crippen LogP contribution is -2.44. The highest BCUT2D eigenvalue weighted by atomic mass is 35.6. The number of likely N-dealkylation sites (N-methyl/N-ethyl adjacent to an activating group) is 1. The van der Waals surface area contributed by atoms with E-state index in [0.717, 1.165) is 0 Å². The summed E-state index contributed by atoms with van der Waals surface area (Å²) in [6, 6.07) is 8.03. The SMILES string of the molecule is CCOC(=O)CC(C)N1CC(=O)N(C)c2ccc(NC(=O)c3ccc(C(N)=NC(=O)OCC(Cl)(Cl)Cl)cc3)c(Cl)c2C1=O. The van der Waals surface area contributed by atoms with Crippen molar-refractivity contribution in [3.63, 3.8) is 0 Å². The monoisotopic (exact) mass is 673 g/mol. The Balaban J connectivity index is 1.82. The second-order valence-electron chi connectivity index (χ2n) is 9.26. The van der Waals surface area contributed by atoms with E-state index >= 15 is 0 Å². The number of fused-ring (bicyclic) bond motifs is 1. The summed E-state index contributed by atoms with van der Waals surface area (Å²) in [6.07, 6.45) is -1.19. The normalized spacial score (nSPS) is 14.5. The van der Waals surface area contributed by atoms with Crippen LogP contribution in [0.25, 0.3) is 0 Å². The first-order valence-electron chi connectivity index (χ1n) is 12.7. The maximum absolute atomic E-state index is 13.6. The van der Waals surface area contributed by atoms with E-state index in [0.29, 0.717) is 5.56 Å². The minimum absolute atomic E-state index is 0.00973. The topological polar surface area (TPSA) is 161 Å². The number of benzene rings is 2. The maximum atomic E-state index is 13.6. The zero-order valence-electron chi connectivity index (χ0n) is 23.2. The fourth-order valence-corrected chi connectivity index (χ4v) is 4.45. The van der Waals surface area contributed by atoms with Crippen molar-refractivity contribution in [2.75, 3.05) is 37.0 Å². The molecule has 12 nitrogen and oxygen atoms in total. The van der Waals surface area contributed by atoms with Crippen LogP contribution in [0.3, 0.4) is 0 Å². The molecule has 0 fully saturated rings. The van der Waals surface area contributed by atoms with Crippen molar-refractivity contribution in [2.45, 2.75) is 30.1 Å². The van der Waals surface area contributed by atoms with Gasteiger partial charge in [0.2, 0.25) is 9.70 Å². The molecule has 0 bridgehead atoms. The number of nitrogens with two attached hydrogens (primary N) is 1. The molecule has 1 heterocycles. The van der Waals surface area contributed by atoms with Crippen LogP contribution >= 0.6 is 46.4 Å². The highest BCUT2D eigenvalue weighted by Gasteiger charge is 2.35. The number of nitrogens with zero attached hydrogens (tertiary/aromatic N) is 3. The van der Waals surface area contributed by atoms with E-state index in [1.807, 2.05) is 0 Å². The van der Waals surface area contributed by atoms with Crippen molar-refractivity contribution in [1.29, 1.82) is 0 Å². The smallest absolute Gasteiger partial charge is 0.435 e. The molecule has 1 aliphatic heterocycles. The van der Waals surface area contributed by atoms with Crippen molar-refractivity contribution in [1.82, 2.24) is 4.90 Å². The van der Waals surface area contributed by atoms with Crippen molar-refractivity contribution < 1.29 is 33.4 Å². The molecule has 0 spiro atoms. The molecule has 0 aromatic heterocycles. The number of alkyl halides is 3. The lowest BCUT2D eigenvalue weighted by molar-refractivity contribution is -0.144. The fourth-order valence-electron chi connectivity index (χ4n) is 4.00. The van der Waals surface area contributed by atoms with Crippen LogP contribution in [0.4, 0.5) is 16.2 Å². The summed E-state index contributed by atoms with van der Waals surface area (Å²) >= 11 is 23.2. The van der Waals surface area contributed by atoms with Crippen LogP contribution in [0.15, 0.2) is 41.4 Å². The Kier molecular flexibility index (Phi) is 11.2. The van der Waals surface area contributed by atoms with Crippen molar-refractivity contribution in [3.8, 4) is 0 Å². The number of amidine groups is 1. The van der Waals surface area contributed by atoms with Gasteiger partial charge in [0.15, 0.2) is 0 Å². The van der Waals surface area contributed by atoms with Gasteiger partial charge in [0, 0.05) is 24.2 Å². The molecule has 1 aliphatic rings. The van der Waals surface area contributed by atoms with Crippen LogP contribution in [-0.2, 0) is 19.1 Å². The second kappa shape index (κ2) is 14.3. The number of nitrogens with one attached hydrogen (secondary N) is 1. The van der Waals surface area contributed by atoms with E-state index < -0.39 is 46.2 Å². The first kappa shape index (κ1) is 33.9. The predicted octanol–water partition coefficient (Wildman–Crippen LogP) is 4.56. The summed E-state index contributed by atoms with van der Waals surface area (Å²) in [5.74, 6) is -2.27. The van der Waals surface area contributed by atoms with E-state index in [1.165, 1.54) is 53.2 Å². The standard InChI is InChI=1S/C27H27Cl4N5O7/c1-4-42-20(38)11-14(2)36-12-19(37)35(3)18-10-9-17(22(28)21(18)25(36)40)33-24(39)16-7-5-15(6-8-16)23(32)34-26(41)43-13-27(29,30)31/h5-10,14H,4,11-13H2,1-3H3,(H,33,39)(H2,32,34,41). The molecule has 0 radical (unpaired) electrons. The molecular weight excluding hydrogens is 648 g/mol. The summed E-state index contributed by atoms with van der Waals surface area (Å²) in [7, 11) is 1.50. The second-order valence-corrected chi connectivity index (χ2v) is 12.2. The average molecular weight is 675 g/mol. The number of esters is 1. The van der Waals surface area contributed by atoms with Gasteiger partial charge in [-0.3, -0.25) is 19.2 Å². The van der Waals surface area contributed by atoms with Crippen molar-refractivity contribution in [2.24, 2.45) is 10.7 Å². The Hall–Kier alpha value is -3.58. The minimum Gasteiger partial charge on any atom is -0.466 e. The molecule has 2 aromatic carbocycles. The third-order valence-electron chi connectivity index (χ3n) is 6.20. The van der Waals surface area contributed by atoms with Gasteiger partial charge >= 0.3 is 12.1 Å². The van der Waals surface area contributed by atoms with E-state index in [-0.39, 0.29) is 52.9 Å². The number of amides is 4. The number of halogens is 4. The zero-order valence-corrected chi connectivity index (χ0v) is 26.2. The van der Waals surface area contributed by atoms with Crippen LogP contribution in [0.1, 0.15) is 46.5 Å². The summed E-state index contributed by atoms with van der Waals surface area (Å²) in [5, 5.41) is 2.57. The Bertz CT molecular complexity index is 1460. The molecule has 0 saturated heterocycles. The highest BCUT2D eigenvalue weighted by molar-refractivity contribution is 6.67. The van der Waals surface area contributed by atoms with Gasteiger partial charge in [-0.1, -0.05) is 58.5 Å². The Morgan fingerprint density at radius 1 is 1.07 bits per heavy atom. The molecule has 0 saturated carbocycles. The van der Waals surface area contributed by atoms with Gasteiger partial charge in [-0.25, -0.2) is 4.79 Å². The lowest BCUT2D eigenvalue weighted by Gasteiger charge is -2.27. The van der Waals surface area contributed by atoms with E-state index in [2.05, 4.69) is 10.3 Å². The fraction of sp³-hybridized carbons (Fsp3) is 0.333. The van der Waals surface area contributed by atoms with E-state index in [4.69, 9.17) is 61.6 Å². The molecule has 2 aromatic rings. The molecular formula is C27H27Cl4N5O7. The number of carbonyl (C=O) groups excluding carboxylic acids is 5. The third-order valence-corrected chi connectivity index (χ3v) is 6.92. The molecule has 3 rings (SSSR count). The molecule has 3 N–H and O–H groups in total. The van der Waals surface area contributed by atoms with Crippen LogP contribution in [0.5, 0.6) is 0 Å². The number of hydrogen-bond acceptors (Lipinski definition) is 7. The first-order valence-corrected chi connectivity index (χ1v) is 14.2. The number of aliphatic imine (C=N–C) groups is 1. The quantitative estimate of drug-likeness (QED) is 0.178. The predicted molar refractivity (Wildman–Crippen MR) is 163 cm³/mol. The van der Waals surface area contributed by atoms with Crippen molar-refractivity contribution in [3.05, 3.63) is 58.1 Å². The molecule has 230 valence electrons. The molecule has 16 heteroatoms. The van der Waals surface area contributed by atoms with Gasteiger partial charge in [0.25, 0.3) is 11.8 Å². The Morgan fingerprint density at radius 3 is 2.30 bits per heavy atom. The van der Waals surface area contributed by atoms with Gasteiger partial charge in [-0.05, 0) is 38.1 Å². The summed E-state index contributed by atoms with van der Waals surface area (Å²) in [6.45, 7) is 2.66. The number of anilines is 2. The summed E-state index contributed by atoms with van der Waals surface area (Å²) in [4.78, 5) is 69.5. The molecule has 1 atom stereocenters. The largest absolute Gasteiger partial charge is 0.466 e. The van der Waals surface area contributed by atoms with E-state index in [1.54, 1.807) is 13.8 Å². The number of carbonyl (C=O) groups is 5. The molecule has 1 unspecified atom stereocenters. The first-order chi connectivity index (χ1) is 20.1. The molecule has 43 heavy (non-hydrogen) atoms. The van der Waals surface area contributed by atoms with Gasteiger partial charge in [0.1, 0.15) is 19.0 Å². The summed E-state index contributed by atoms with van der Waals surface area (Å²) in [5.41, 5.74) is 6.67. The third kappa shape index (κ3) is 8.73. The van der Waals surface area contributed by atoms with Gasteiger partial charge in [0.05, 0.1) is 35.0 Å². The Morgan fingerprint density at radius 2 is 1.70 bits per heavy atom. The number of ether oxygens (including phenoxy) is 2. The zero-order chi connectivity index (χ0) is 32.1. The van der Waals surface area contributed by atoms with Crippen LogP contribution in [0.2, 0.25) is 5.02 Å². The van der Waals surface area contributed by atoms with Crippen molar-refractivity contribution >= 4 is 93.4 Å². The van der Waals surface area contributed by atoms with Crippen LogP contribution in [-0.4, -0.2) is 77.2 Å². The Labute approximate surface area is 267 Å². The number of rotatable bonds is 8. The van der Waals surface area contributed by atoms with Gasteiger partial charge < -0.3 is 30.3 Å².